The van der Waals surface area contributed by atoms with Gasteiger partial charge in [0.1, 0.15) is 18.3 Å². The van der Waals surface area contributed by atoms with Gasteiger partial charge >= 0.3 is 11.9 Å². The minimum Gasteiger partial charge on any atom is -0.405 e. The van der Waals surface area contributed by atoms with Crippen molar-refractivity contribution in [2.75, 3.05) is 6.61 Å². The molecule has 0 aromatic heterocycles. The predicted molar refractivity (Wildman–Crippen MR) is 116 cm³/mol. The third-order valence-electron chi connectivity index (χ3n) is 6.07. The Morgan fingerprint density at radius 2 is 1.39 bits per heavy atom. The molecule has 2 unspecified atom stereocenters. The number of rotatable bonds is 16. The predicted octanol–water partition coefficient (Wildman–Crippen LogP) is 2.38. The van der Waals surface area contributed by atoms with Crippen molar-refractivity contribution in [1.29, 1.82) is 0 Å². The molecule has 1 aliphatic heterocycles. The molecule has 184 valence electrons. The Bertz CT molecular complexity index is 486. The zero-order valence-electron chi connectivity index (χ0n) is 19.2. The molecular formula is C23H44O8. The fourth-order valence-electron chi connectivity index (χ4n) is 3.86. The van der Waals surface area contributed by atoms with E-state index < -0.39 is 48.9 Å². The molecule has 0 amide bonds. The van der Waals surface area contributed by atoms with Crippen molar-refractivity contribution in [2.24, 2.45) is 5.92 Å². The van der Waals surface area contributed by atoms with Crippen molar-refractivity contribution in [2.45, 2.75) is 128 Å². The van der Waals surface area contributed by atoms with E-state index in [0.717, 1.165) is 19.3 Å². The molecule has 31 heavy (non-hydrogen) atoms. The first-order chi connectivity index (χ1) is 14.8. The summed E-state index contributed by atoms with van der Waals surface area (Å²) in [5.74, 6) is -4.11. The normalized spacial score (nSPS) is 29.6. The first kappa shape index (κ1) is 28.3. The number of aliphatic hydroxyl groups excluding tert-OH is 4. The highest BCUT2D eigenvalue weighted by atomic mass is 16.8. The molecular weight excluding hydrogens is 404 g/mol. The Morgan fingerprint density at radius 3 is 1.87 bits per heavy atom. The first-order valence-electron chi connectivity index (χ1n) is 12.0. The number of ether oxygens (including phenoxy) is 2. The molecule has 1 fully saturated rings. The van der Waals surface area contributed by atoms with Crippen LogP contribution < -0.4 is 0 Å². The van der Waals surface area contributed by atoms with Gasteiger partial charge in [-0.3, -0.25) is 4.79 Å². The molecule has 0 saturated carbocycles. The smallest absolute Gasteiger partial charge is 0.357 e. The van der Waals surface area contributed by atoms with Crippen molar-refractivity contribution >= 4 is 5.97 Å². The van der Waals surface area contributed by atoms with Gasteiger partial charge in [-0.1, -0.05) is 90.9 Å². The highest BCUT2D eigenvalue weighted by molar-refractivity contribution is 5.72. The monoisotopic (exact) mass is 448 g/mol. The van der Waals surface area contributed by atoms with E-state index in [2.05, 4.69) is 6.92 Å². The Morgan fingerprint density at radius 1 is 0.903 bits per heavy atom. The summed E-state index contributed by atoms with van der Waals surface area (Å²) in [4.78, 5) is 12.3. The number of hydrogen-bond donors (Lipinski definition) is 5. The van der Waals surface area contributed by atoms with Crippen LogP contribution in [-0.4, -0.2) is 68.5 Å². The second-order valence-corrected chi connectivity index (χ2v) is 8.90. The second-order valence-electron chi connectivity index (χ2n) is 8.90. The standard InChI is InChI=1S/C23H44O8/c1-3-4-5-6-7-8-9-10-11-12-13-14-15-17(2)22(28)31-23(29)21(27)20(26)19(25)18(16-24)30-23/h17-21,24-27,29H,3-16H2,1-2H3/t17?,18-,19-,20+,21-,23?/m1/s1. The number of unbranched alkanes of at least 4 members (excludes halogenated alkanes) is 11. The second kappa shape index (κ2) is 15.1. The van der Waals surface area contributed by atoms with E-state index in [4.69, 9.17) is 9.47 Å². The maximum atomic E-state index is 12.3. The molecule has 0 bridgehead atoms. The molecule has 0 aromatic rings. The molecule has 1 rings (SSSR count). The highest BCUT2D eigenvalue weighted by Gasteiger charge is 2.56. The van der Waals surface area contributed by atoms with E-state index in [-0.39, 0.29) is 0 Å². The van der Waals surface area contributed by atoms with Gasteiger partial charge in [-0.05, 0) is 6.42 Å². The van der Waals surface area contributed by atoms with E-state index >= 15 is 0 Å². The van der Waals surface area contributed by atoms with Crippen molar-refractivity contribution in [3.63, 3.8) is 0 Å². The van der Waals surface area contributed by atoms with Gasteiger partial charge in [0.25, 0.3) is 0 Å². The summed E-state index contributed by atoms with van der Waals surface area (Å²) in [7, 11) is 0. The molecule has 0 radical (unpaired) electrons. The number of carbonyl (C=O) groups is 1. The number of hydrogen-bond acceptors (Lipinski definition) is 8. The van der Waals surface area contributed by atoms with Crippen LogP contribution in [0.25, 0.3) is 0 Å². The lowest BCUT2D eigenvalue weighted by atomic mass is 9.97. The van der Waals surface area contributed by atoms with Crippen molar-refractivity contribution < 1.29 is 39.8 Å². The minimum absolute atomic E-state index is 0.528. The van der Waals surface area contributed by atoms with E-state index in [1.54, 1.807) is 6.92 Å². The summed E-state index contributed by atoms with van der Waals surface area (Å²) in [6.07, 6.45) is 8.35. The van der Waals surface area contributed by atoms with Crippen molar-refractivity contribution in [3.05, 3.63) is 0 Å². The molecule has 5 N–H and O–H groups in total. The Kier molecular flexibility index (Phi) is 13.8. The molecule has 1 aliphatic rings. The van der Waals surface area contributed by atoms with Gasteiger partial charge in [0.05, 0.1) is 12.5 Å². The maximum absolute atomic E-state index is 12.3. The van der Waals surface area contributed by atoms with Crippen LogP contribution in [-0.2, 0) is 14.3 Å². The lowest BCUT2D eigenvalue weighted by molar-refractivity contribution is -0.434. The summed E-state index contributed by atoms with van der Waals surface area (Å²) in [5, 5.41) is 49.0. The Hall–Kier alpha value is -0.770. The van der Waals surface area contributed by atoms with Gasteiger partial charge in [0.2, 0.25) is 0 Å². The molecule has 0 aromatic carbocycles. The number of carbonyl (C=O) groups excluding carboxylic acids is 1. The molecule has 6 atom stereocenters. The molecule has 8 nitrogen and oxygen atoms in total. The fraction of sp³-hybridized carbons (Fsp3) is 0.957. The largest absolute Gasteiger partial charge is 0.405 e. The van der Waals surface area contributed by atoms with Crippen LogP contribution in [0.4, 0.5) is 0 Å². The highest BCUT2D eigenvalue weighted by Crippen LogP contribution is 2.30. The topological polar surface area (TPSA) is 137 Å². The lowest BCUT2D eigenvalue weighted by Gasteiger charge is -2.44. The third-order valence-corrected chi connectivity index (χ3v) is 6.07. The van der Waals surface area contributed by atoms with Gasteiger partial charge in [-0.25, -0.2) is 0 Å². The van der Waals surface area contributed by atoms with E-state index in [1.807, 2.05) is 0 Å². The van der Waals surface area contributed by atoms with Crippen LogP contribution in [0.2, 0.25) is 0 Å². The van der Waals surface area contributed by atoms with Gasteiger partial charge in [-0.2, -0.15) is 0 Å². The summed E-state index contributed by atoms with van der Waals surface area (Å²) in [5.41, 5.74) is 0. The SMILES string of the molecule is CCCCCCCCCCCCCCC(C)C(=O)OC1(O)O[C@H](CO)[C@@H](O)[C@H](O)[C@H]1O. The van der Waals surface area contributed by atoms with E-state index in [0.29, 0.717) is 6.42 Å². The van der Waals surface area contributed by atoms with Crippen LogP contribution in [0, 0.1) is 5.92 Å². The summed E-state index contributed by atoms with van der Waals surface area (Å²) in [6, 6.07) is 0. The van der Waals surface area contributed by atoms with Crippen molar-refractivity contribution in [3.8, 4) is 0 Å². The summed E-state index contributed by atoms with van der Waals surface area (Å²) >= 11 is 0. The quantitative estimate of drug-likeness (QED) is 0.138. The lowest BCUT2D eigenvalue weighted by Crippen LogP contribution is -2.66. The zero-order chi connectivity index (χ0) is 23.3. The van der Waals surface area contributed by atoms with Crippen LogP contribution in [0.5, 0.6) is 0 Å². The number of aliphatic hydroxyl groups is 5. The first-order valence-corrected chi connectivity index (χ1v) is 12.0. The molecule has 1 saturated heterocycles. The average molecular weight is 449 g/mol. The number of esters is 1. The zero-order valence-corrected chi connectivity index (χ0v) is 19.2. The summed E-state index contributed by atoms with van der Waals surface area (Å²) < 4.78 is 9.88. The van der Waals surface area contributed by atoms with Gasteiger partial charge in [-0.15, -0.1) is 0 Å². The molecule has 8 heteroatoms. The van der Waals surface area contributed by atoms with E-state index in [1.165, 1.54) is 57.8 Å². The van der Waals surface area contributed by atoms with Crippen LogP contribution >= 0.6 is 0 Å². The Labute approximate surface area is 186 Å². The van der Waals surface area contributed by atoms with Crippen LogP contribution in [0.3, 0.4) is 0 Å². The maximum Gasteiger partial charge on any atom is 0.357 e. The summed E-state index contributed by atoms with van der Waals surface area (Å²) in [6.45, 7) is 3.17. The molecule has 1 heterocycles. The van der Waals surface area contributed by atoms with Gasteiger partial charge in [0.15, 0.2) is 6.10 Å². The van der Waals surface area contributed by atoms with Crippen LogP contribution in [0.15, 0.2) is 0 Å². The van der Waals surface area contributed by atoms with Crippen LogP contribution in [0.1, 0.15) is 97.3 Å². The molecule has 0 aliphatic carbocycles. The van der Waals surface area contributed by atoms with E-state index in [9.17, 15) is 30.3 Å². The minimum atomic E-state index is -2.81. The van der Waals surface area contributed by atoms with Gasteiger partial charge < -0.3 is 35.0 Å². The average Bonchev–Trinajstić information content (AvgIpc) is 2.75. The molecule has 0 spiro atoms. The Balaban J connectivity index is 2.19. The van der Waals surface area contributed by atoms with Gasteiger partial charge in [0, 0.05) is 0 Å². The van der Waals surface area contributed by atoms with Crippen molar-refractivity contribution in [1.82, 2.24) is 0 Å². The fourth-order valence-corrected chi connectivity index (χ4v) is 3.86. The third kappa shape index (κ3) is 9.72.